The molecule has 2 fully saturated rings. The van der Waals surface area contributed by atoms with E-state index in [4.69, 9.17) is 0 Å². The van der Waals surface area contributed by atoms with Crippen LogP contribution in [-0.2, 0) is 9.59 Å². The summed E-state index contributed by atoms with van der Waals surface area (Å²) in [5, 5.41) is 6.28. The molecule has 0 radical (unpaired) electrons. The molecule has 2 N–H and O–H groups in total. The van der Waals surface area contributed by atoms with Gasteiger partial charge in [-0.3, -0.25) is 9.59 Å². The van der Waals surface area contributed by atoms with Crippen LogP contribution in [0.4, 0.5) is 14.5 Å². The Bertz CT molecular complexity index is 653. The number of nitrogens with one attached hydrogen (secondary N) is 2. The highest BCUT2D eigenvalue weighted by molar-refractivity contribution is 6.00. The first-order chi connectivity index (χ1) is 11.5. The van der Waals surface area contributed by atoms with E-state index in [0.29, 0.717) is 5.92 Å². The first-order valence-corrected chi connectivity index (χ1v) is 8.22. The van der Waals surface area contributed by atoms with Gasteiger partial charge in [-0.05, 0) is 37.6 Å². The van der Waals surface area contributed by atoms with Crippen molar-refractivity contribution in [3.05, 3.63) is 29.8 Å². The predicted octanol–water partition coefficient (Wildman–Crippen LogP) is 1.43. The molecule has 2 aliphatic heterocycles. The molecule has 0 bridgehead atoms. The second-order valence-corrected chi connectivity index (χ2v) is 6.59. The van der Waals surface area contributed by atoms with Gasteiger partial charge >= 0.3 is 0 Å². The van der Waals surface area contributed by atoms with Gasteiger partial charge in [0.1, 0.15) is 11.6 Å². The third-order valence-electron chi connectivity index (χ3n) is 4.81. The van der Waals surface area contributed by atoms with Gasteiger partial charge in [0.2, 0.25) is 11.8 Å². The van der Waals surface area contributed by atoms with Crippen molar-refractivity contribution < 1.29 is 18.4 Å². The topological polar surface area (TPSA) is 61.4 Å². The van der Waals surface area contributed by atoms with Crippen LogP contribution in [0.1, 0.15) is 19.8 Å². The molecule has 7 heteroatoms. The normalized spacial score (nSPS) is 27.4. The summed E-state index contributed by atoms with van der Waals surface area (Å²) in [6.07, 6.45) is 0.895. The van der Waals surface area contributed by atoms with E-state index in [1.165, 1.54) is 11.0 Å². The minimum Gasteiger partial charge on any atom is -0.353 e. The number of amides is 2. The highest BCUT2D eigenvalue weighted by Gasteiger charge is 2.37. The number of carbonyl (C=O) groups excluding carboxylic acids is 2. The second-order valence-electron chi connectivity index (χ2n) is 6.59. The van der Waals surface area contributed by atoms with E-state index in [0.717, 1.165) is 31.6 Å². The van der Waals surface area contributed by atoms with E-state index in [1.807, 2.05) is 0 Å². The number of hydrogen-bond acceptors (Lipinski definition) is 3. The smallest absolute Gasteiger partial charge is 0.227 e. The number of nitrogens with zero attached hydrogens (tertiary/aromatic N) is 1. The zero-order valence-electron chi connectivity index (χ0n) is 13.5. The van der Waals surface area contributed by atoms with Crippen LogP contribution in [0.5, 0.6) is 0 Å². The molecule has 2 saturated heterocycles. The van der Waals surface area contributed by atoms with Gasteiger partial charge in [0.25, 0.3) is 0 Å². The standard InChI is InChI=1S/C17H21F2N3O2/c1-10-8-20-5-4-14(10)21-17(24)11-6-16(23)22(9-11)15-3-2-12(18)7-13(15)19/h2-3,7,10-11,14,20H,4-6,8-9H2,1H3,(H,21,24). The average molecular weight is 337 g/mol. The molecule has 3 rings (SSSR count). The fourth-order valence-corrected chi connectivity index (χ4v) is 3.35. The third-order valence-corrected chi connectivity index (χ3v) is 4.81. The van der Waals surface area contributed by atoms with Gasteiger partial charge in [0, 0.05) is 25.1 Å². The summed E-state index contributed by atoms with van der Waals surface area (Å²) in [7, 11) is 0. The summed E-state index contributed by atoms with van der Waals surface area (Å²) < 4.78 is 26.9. The molecule has 130 valence electrons. The highest BCUT2D eigenvalue weighted by Crippen LogP contribution is 2.28. The number of anilines is 1. The fraction of sp³-hybridized carbons (Fsp3) is 0.529. The van der Waals surface area contributed by atoms with Gasteiger partial charge in [0.05, 0.1) is 11.6 Å². The molecule has 2 aliphatic rings. The Hall–Kier alpha value is -2.02. The summed E-state index contributed by atoms with van der Waals surface area (Å²) in [5.74, 6) is -2.17. The lowest BCUT2D eigenvalue weighted by molar-refractivity contribution is -0.127. The SMILES string of the molecule is CC1CNCCC1NC(=O)C1CC(=O)N(c2ccc(F)cc2F)C1. The van der Waals surface area contributed by atoms with Crippen LogP contribution >= 0.6 is 0 Å². The first-order valence-electron chi connectivity index (χ1n) is 8.22. The summed E-state index contributed by atoms with van der Waals surface area (Å²) in [6.45, 7) is 3.89. The number of halogens is 2. The third kappa shape index (κ3) is 3.40. The number of hydrogen-bond donors (Lipinski definition) is 2. The molecule has 2 amide bonds. The van der Waals surface area contributed by atoms with Gasteiger partial charge in [-0.1, -0.05) is 6.92 Å². The van der Waals surface area contributed by atoms with Gasteiger partial charge in [-0.25, -0.2) is 8.78 Å². The van der Waals surface area contributed by atoms with E-state index in [9.17, 15) is 18.4 Å². The van der Waals surface area contributed by atoms with Gasteiger partial charge in [-0.2, -0.15) is 0 Å². The minimum atomic E-state index is -0.795. The highest BCUT2D eigenvalue weighted by atomic mass is 19.1. The molecular weight excluding hydrogens is 316 g/mol. The Balaban J connectivity index is 1.66. The van der Waals surface area contributed by atoms with E-state index < -0.39 is 17.6 Å². The van der Waals surface area contributed by atoms with Crippen LogP contribution in [0.25, 0.3) is 0 Å². The average Bonchev–Trinajstić information content (AvgIpc) is 2.91. The minimum absolute atomic E-state index is 0.0203. The summed E-state index contributed by atoms with van der Waals surface area (Å²) >= 11 is 0. The van der Waals surface area contributed by atoms with Crippen molar-refractivity contribution in [2.75, 3.05) is 24.5 Å². The van der Waals surface area contributed by atoms with Crippen molar-refractivity contribution in [1.29, 1.82) is 0 Å². The molecule has 1 aromatic rings. The molecule has 1 aromatic carbocycles. The Morgan fingerprint density at radius 2 is 2.17 bits per heavy atom. The predicted molar refractivity (Wildman–Crippen MR) is 85.4 cm³/mol. The van der Waals surface area contributed by atoms with Crippen molar-refractivity contribution >= 4 is 17.5 Å². The summed E-state index contributed by atoms with van der Waals surface area (Å²) in [6, 6.07) is 3.17. The lowest BCUT2D eigenvalue weighted by atomic mass is 9.94. The van der Waals surface area contributed by atoms with Crippen molar-refractivity contribution in [2.45, 2.75) is 25.8 Å². The molecule has 0 aromatic heterocycles. The van der Waals surface area contributed by atoms with E-state index in [2.05, 4.69) is 17.6 Å². The van der Waals surface area contributed by atoms with Crippen LogP contribution in [0, 0.1) is 23.5 Å². The Labute approximate surface area is 139 Å². The molecule has 24 heavy (non-hydrogen) atoms. The summed E-state index contributed by atoms with van der Waals surface area (Å²) in [4.78, 5) is 25.8. The van der Waals surface area contributed by atoms with Gasteiger partial charge in [-0.15, -0.1) is 0 Å². The second kappa shape index (κ2) is 6.84. The van der Waals surface area contributed by atoms with E-state index in [1.54, 1.807) is 0 Å². The van der Waals surface area contributed by atoms with Crippen molar-refractivity contribution in [2.24, 2.45) is 11.8 Å². The van der Waals surface area contributed by atoms with Crippen LogP contribution < -0.4 is 15.5 Å². The molecule has 3 atom stereocenters. The lowest BCUT2D eigenvalue weighted by Gasteiger charge is -2.31. The van der Waals surface area contributed by atoms with Gasteiger partial charge < -0.3 is 15.5 Å². The largest absolute Gasteiger partial charge is 0.353 e. The molecule has 2 heterocycles. The van der Waals surface area contributed by atoms with Crippen LogP contribution in [0.15, 0.2) is 18.2 Å². The zero-order chi connectivity index (χ0) is 17.3. The van der Waals surface area contributed by atoms with Crippen LogP contribution in [0.3, 0.4) is 0 Å². The van der Waals surface area contributed by atoms with E-state index >= 15 is 0 Å². The molecule has 3 unspecified atom stereocenters. The maximum absolute atomic E-state index is 13.9. The van der Waals surface area contributed by atoms with Gasteiger partial charge in [0.15, 0.2) is 0 Å². The Morgan fingerprint density at radius 3 is 2.88 bits per heavy atom. The van der Waals surface area contributed by atoms with Crippen molar-refractivity contribution in [3.8, 4) is 0 Å². The molecule has 5 nitrogen and oxygen atoms in total. The molecule has 0 aliphatic carbocycles. The first kappa shape index (κ1) is 16.8. The summed E-state index contributed by atoms with van der Waals surface area (Å²) in [5.41, 5.74) is 0.0203. The molecule has 0 saturated carbocycles. The Kier molecular flexibility index (Phi) is 4.80. The number of benzene rings is 1. The number of carbonyl (C=O) groups is 2. The fourth-order valence-electron chi connectivity index (χ4n) is 3.35. The quantitative estimate of drug-likeness (QED) is 0.877. The Morgan fingerprint density at radius 1 is 1.38 bits per heavy atom. The van der Waals surface area contributed by atoms with Crippen LogP contribution in [0.2, 0.25) is 0 Å². The monoisotopic (exact) mass is 337 g/mol. The zero-order valence-corrected chi connectivity index (χ0v) is 13.5. The molecule has 0 spiro atoms. The van der Waals surface area contributed by atoms with Crippen LogP contribution in [-0.4, -0.2) is 37.5 Å². The number of piperidine rings is 1. The number of rotatable bonds is 3. The lowest BCUT2D eigenvalue weighted by Crippen LogP contribution is -2.50. The maximum atomic E-state index is 13.9. The maximum Gasteiger partial charge on any atom is 0.227 e. The molecular formula is C17H21F2N3O2. The van der Waals surface area contributed by atoms with Crippen molar-refractivity contribution in [3.63, 3.8) is 0 Å². The van der Waals surface area contributed by atoms with Crippen molar-refractivity contribution in [1.82, 2.24) is 10.6 Å². The van der Waals surface area contributed by atoms with E-state index in [-0.39, 0.29) is 36.5 Å².